The molecule has 3 N–H and O–H groups in total. The van der Waals surface area contributed by atoms with E-state index in [-0.39, 0.29) is 57.2 Å². The maximum Gasteiger partial charge on any atom is 0.410 e. The second kappa shape index (κ2) is 20.3. The second-order valence-corrected chi connectivity index (χ2v) is 20.5. The van der Waals surface area contributed by atoms with Gasteiger partial charge in [0.05, 0.1) is 20.8 Å². The number of hydrogen-bond acceptors (Lipinski definition) is 11. The number of rotatable bonds is 10. The number of likely N-dealkylation sites (tertiary alicyclic amines) is 1. The summed E-state index contributed by atoms with van der Waals surface area (Å²) in [5.41, 5.74) is 2.08. The molecule has 69 heavy (non-hydrogen) atoms. The smallest absolute Gasteiger partial charge is 0.410 e. The number of H-pyrrole nitrogens is 2. The van der Waals surface area contributed by atoms with E-state index >= 15 is 0 Å². The fourth-order valence-electron chi connectivity index (χ4n) is 8.83. The number of carbonyl (C=O) groups is 1. The number of sulfone groups is 2. The van der Waals surface area contributed by atoms with Crippen LogP contribution in [0.1, 0.15) is 31.2 Å². The number of halogens is 1. The Morgan fingerprint density at radius 3 is 1.54 bits per heavy atom. The first-order chi connectivity index (χ1) is 33.1. The normalized spacial score (nSPS) is 14.8. The molecule has 0 saturated carbocycles. The van der Waals surface area contributed by atoms with E-state index in [1.165, 1.54) is 0 Å². The molecule has 0 bridgehead atoms. The van der Waals surface area contributed by atoms with E-state index in [9.17, 15) is 21.6 Å². The summed E-state index contributed by atoms with van der Waals surface area (Å²) in [5.74, 6) is 1.23. The molecule has 2 saturated heterocycles. The van der Waals surface area contributed by atoms with Gasteiger partial charge in [-0.05, 0) is 90.8 Å². The fraction of sp³-hybridized carbons (Fsp3) is 0.212. The van der Waals surface area contributed by atoms with Gasteiger partial charge in [0, 0.05) is 47.5 Å². The maximum atomic E-state index is 13.7. The van der Waals surface area contributed by atoms with Crippen molar-refractivity contribution in [2.75, 3.05) is 26.2 Å². The average molecular weight is 986 g/mol. The van der Waals surface area contributed by atoms with Crippen LogP contribution in [0.25, 0.3) is 43.4 Å². The van der Waals surface area contributed by atoms with Crippen molar-refractivity contribution in [3.8, 4) is 11.5 Å². The lowest BCUT2D eigenvalue weighted by Crippen LogP contribution is -2.42. The topological polar surface area (TPSA) is 186 Å². The minimum atomic E-state index is -3.87. The minimum absolute atomic E-state index is 0. The van der Waals surface area contributed by atoms with Crippen molar-refractivity contribution in [3.63, 3.8) is 0 Å². The summed E-state index contributed by atoms with van der Waals surface area (Å²) in [4.78, 5) is 14.7. The fourth-order valence-corrected chi connectivity index (χ4v) is 12.0. The number of carbonyl (C=O) groups excluding carboxylic acids is 1. The van der Waals surface area contributed by atoms with E-state index in [1.54, 1.807) is 65.6 Å². The van der Waals surface area contributed by atoms with Gasteiger partial charge in [-0.1, -0.05) is 103 Å². The summed E-state index contributed by atoms with van der Waals surface area (Å²) < 4.78 is 72.2. The third-order valence-electron chi connectivity index (χ3n) is 12.4. The van der Waals surface area contributed by atoms with E-state index in [4.69, 9.17) is 14.2 Å². The Labute approximate surface area is 405 Å². The second-order valence-electron chi connectivity index (χ2n) is 16.8. The Morgan fingerprint density at radius 1 is 0.551 bits per heavy atom. The maximum absolute atomic E-state index is 13.7. The van der Waals surface area contributed by atoms with Crippen molar-refractivity contribution >= 4 is 81.5 Å². The van der Waals surface area contributed by atoms with Gasteiger partial charge < -0.3 is 24.4 Å². The van der Waals surface area contributed by atoms with E-state index in [0.717, 1.165) is 42.3 Å². The molecule has 7 aromatic carbocycles. The molecule has 11 rings (SSSR count). The first kappa shape index (κ1) is 47.1. The summed E-state index contributed by atoms with van der Waals surface area (Å²) >= 11 is 0. The molecule has 2 aliphatic heterocycles. The highest BCUT2D eigenvalue weighted by atomic mass is 35.5. The predicted octanol–water partition coefficient (Wildman–Crippen LogP) is 9.83. The number of ether oxygens (including phenoxy) is 3. The third kappa shape index (κ3) is 9.97. The van der Waals surface area contributed by atoms with Crippen LogP contribution in [0.4, 0.5) is 4.79 Å². The summed E-state index contributed by atoms with van der Waals surface area (Å²) in [6, 6.07) is 45.7. The Hall–Kier alpha value is -6.98. The van der Waals surface area contributed by atoms with Crippen LogP contribution in [0.3, 0.4) is 0 Å². The molecule has 0 radical (unpaired) electrons. The van der Waals surface area contributed by atoms with Gasteiger partial charge in [-0.2, -0.15) is 10.2 Å². The van der Waals surface area contributed by atoms with Gasteiger partial charge in [-0.15, -0.1) is 12.4 Å². The van der Waals surface area contributed by atoms with Gasteiger partial charge in [-0.25, -0.2) is 21.6 Å². The van der Waals surface area contributed by atoms with Gasteiger partial charge in [0.1, 0.15) is 30.3 Å². The highest BCUT2D eigenvalue weighted by Gasteiger charge is 2.29. The number of aromatic nitrogens is 4. The molecule has 0 spiro atoms. The zero-order valence-corrected chi connectivity index (χ0v) is 39.7. The highest BCUT2D eigenvalue weighted by molar-refractivity contribution is 7.92. The van der Waals surface area contributed by atoms with E-state index < -0.39 is 19.7 Å². The molecule has 0 aliphatic carbocycles. The molecule has 2 aromatic heterocycles. The highest BCUT2D eigenvalue weighted by Crippen LogP contribution is 2.35. The number of hydrogen-bond donors (Lipinski definition) is 3. The minimum Gasteiger partial charge on any atom is -0.490 e. The Morgan fingerprint density at radius 2 is 1.01 bits per heavy atom. The number of amides is 1. The zero-order chi connectivity index (χ0) is 46.7. The van der Waals surface area contributed by atoms with Crippen LogP contribution in [0.15, 0.2) is 172 Å². The van der Waals surface area contributed by atoms with Crippen LogP contribution in [0.2, 0.25) is 0 Å². The first-order valence-corrected chi connectivity index (χ1v) is 25.5. The molecule has 2 aliphatic rings. The number of aromatic amines is 2. The molecule has 17 heteroatoms. The van der Waals surface area contributed by atoms with Crippen molar-refractivity contribution in [1.82, 2.24) is 30.6 Å². The summed E-state index contributed by atoms with van der Waals surface area (Å²) in [6.45, 7) is 3.14. The lowest BCUT2D eigenvalue weighted by Gasteiger charge is -2.31. The third-order valence-corrected chi connectivity index (χ3v) is 16.0. The first-order valence-electron chi connectivity index (χ1n) is 22.5. The van der Waals surface area contributed by atoms with Crippen LogP contribution in [0.5, 0.6) is 11.5 Å². The van der Waals surface area contributed by atoms with Crippen molar-refractivity contribution in [1.29, 1.82) is 0 Å². The number of benzene rings is 7. The van der Waals surface area contributed by atoms with Crippen LogP contribution in [0, 0.1) is 0 Å². The van der Waals surface area contributed by atoms with Gasteiger partial charge >= 0.3 is 6.09 Å². The predicted molar refractivity (Wildman–Crippen MR) is 267 cm³/mol. The summed E-state index contributed by atoms with van der Waals surface area (Å²) in [6.07, 6.45) is 2.86. The standard InChI is InChI=1S/C30H27N3O5S.C22H21N3O3S.ClH/c34-30(37-20-21-7-2-1-3-8-21)33-17-15-23(16-18-33)38-24-13-14-27-26(19-24)29(32-31-27)39(35,36)28-12-6-10-22-9-4-5-11-25(22)28;26-29(27,21-7-3-5-15-4-1-2-6-18(15)21)22-19-14-17(8-9-20(19)24-25-22)28-16-10-12-23-13-11-16;/h1-14,19,23H,15-18,20H2,(H,31,32);1-9,14,16,23H,10-13H2,(H,24,25);1H. The van der Waals surface area contributed by atoms with Gasteiger partial charge in [-0.3, -0.25) is 10.2 Å². The van der Waals surface area contributed by atoms with Crippen LogP contribution < -0.4 is 14.8 Å². The number of nitrogens with one attached hydrogen (secondary N) is 3. The van der Waals surface area contributed by atoms with Gasteiger partial charge in [0.25, 0.3) is 0 Å². The van der Waals surface area contributed by atoms with Gasteiger partial charge in [0.2, 0.25) is 19.7 Å². The number of piperidine rings is 2. The number of nitrogens with zero attached hydrogens (tertiary/aromatic N) is 3. The molecule has 9 aromatic rings. The zero-order valence-electron chi connectivity index (χ0n) is 37.3. The van der Waals surface area contributed by atoms with Crippen LogP contribution in [-0.4, -0.2) is 86.6 Å². The van der Waals surface area contributed by atoms with Crippen molar-refractivity contribution in [2.45, 2.75) is 64.3 Å². The van der Waals surface area contributed by atoms with Crippen molar-refractivity contribution in [3.05, 3.63) is 157 Å². The quantitative estimate of drug-likeness (QED) is 0.118. The lowest BCUT2D eigenvalue weighted by atomic mass is 10.1. The average Bonchev–Trinajstić information content (AvgIpc) is 4.02. The van der Waals surface area contributed by atoms with Crippen LogP contribution >= 0.6 is 12.4 Å². The monoisotopic (exact) mass is 984 g/mol. The Bertz CT molecular complexity index is 3490. The van der Waals surface area contributed by atoms with Crippen molar-refractivity contribution < 1.29 is 35.8 Å². The molecule has 0 unspecified atom stereocenters. The van der Waals surface area contributed by atoms with E-state index in [2.05, 4.69) is 25.7 Å². The van der Waals surface area contributed by atoms with Crippen LogP contribution in [-0.2, 0) is 31.0 Å². The molecule has 0 atom stereocenters. The van der Waals surface area contributed by atoms with E-state index in [0.29, 0.717) is 70.0 Å². The lowest BCUT2D eigenvalue weighted by molar-refractivity contribution is 0.0639. The molecule has 354 valence electrons. The molecule has 4 heterocycles. The van der Waals surface area contributed by atoms with Crippen molar-refractivity contribution in [2.24, 2.45) is 0 Å². The van der Waals surface area contributed by atoms with E-state index in [1.807, 2.05) is 91.0 Å². The summed E-state index contributed by atoms with van der Waals surface area (Å²) in [5, 5.41) is 21.5. The molecular weight excluding hydrogens is 936 g/mol. The van der Waals surface area contributed by atoms with Gasteiger partial charge in [0.15, 0.2) is 10.1 Å². The SMILES string of the molecule is Cl.O=C(OCc1ccccc1)N1CCC(Oc2ccc3n[nH]c(S(=O)(=O)c4cccc5ccccc45)c3c2)CC1.O=S(=O)(c1cccc2ccccc12)c1[nH]nc2ccc(OC3CCNCC3)cc12. The molecule has 14 nitrogen and oxygen atoms in total. The molecular formula is C52H49ClN6O8S2. The summed E-state index contributed by atoms with van der Waals surface area (Å²) in [7, 11) is -7.66. The largest absolute Gasteiger partial charge is 0.490 e. The Balaban J connectivity index is 0.000000176. The number of fused-ring (bicyclic) bond motifs is 4. The Kier molecular flexibility index (Phi) is 13.9. The molecule has 2 fully saturated rings. The molecule has 1 amide bonds.